The lowest BCUT2D eigenvalue weighted by Crippen LogP contribution is -2.44. The molecule has 2 bridgehead atoms. The molecule has 0 saturated carbocycles. The van der Waals surface area contributed by atoms with Gasteiger partial charge in [-0.1, -0.05) is 0 Å². The quantitative estimate of drug-likeness (QED) is 0.672. The largest absolute Gasteiger partial charge is 0.379 e. The van der Waals surface area contributed by atoms with Crippen molar-refractivity contribution < 1.29 is 9.13 Å². The summed E-state index contributed by atoms with van der Waals surface area (Å²) in [6, 6.07) is 1.04. The van der Waals surface area contributed by atoms with Crippen LogP contribution in [0.5, 0.6) is 0 Å². The second-order valence-electron chi connectivity index (χ2n) is 5.46. The van der Waals surface area contributed by atoms with Crippen molar-refractivity contribution in [3.63, 3.8) is 0 Å². The van der Waals surface area contributed by atoms with Gasteiger partial charge in [-0.3, -0.25) is 4.90 Å². The molecule has 0 unspecified atom stereocenters. The van der Waals surface area contributed by atoms with E-state index in [1.165, 1.54) is 12.8 Å². The maximum atomic E-state index is 13.3. The van der Waals surface area contributed by atoms with E-state index in [1.807, 2.05) is 0 Å². The molecule has 2 fully saturated rings. The molecule has 0 N–H and O–H groups in total. The second-order valence-corrected chi connectivity index (χ2v) is 5.46. The maximum Gasteiger partial charge on any atom is 0.103 e. The zero-order valence-electron chi connectivity index (χ0n) is 10.5. The summed E-state index contributed by atoms with van der Waals surface area (Å²) in [6.45, 7) is 6.07. The van der Waals surface area contributed by atoms with Gasteiger partial charge in [-0.2, -0.15) is 0 Å². The van der Waals surface area contributed by atoms with E-state index in [2.05, 4.69) is 18.7 Å². The molecule has 2 aliphatic rings. The topological polar surface area (TPSA) is 12.5 Å². The Kier molecular flexibility index (Phi) is 4.20. The van der Waals surface area contributed by atoms with Crippen molar-refractivity contribution in [1.82, 2.24) is 4.90 Å². The van der Waals surface area contributed by atoms with Gasteiger partial charge in [0, 0.05) is 25.2 Å². The number of rotatable bonds is 5. The van der Waals surface area contributed by atoms with Crippen molar-refractivity contribution in [3.8, 4) is 0 Å². The Hall–Kier alpha value is -0.150. The Morgan fingerprint density at radius 3 is 2.44 bits per heavy atom. The molecule has 2 nitrogen and oxygen atoms in total. The van der Waals surface area contributed by atoms with Gasteiger partial charge >= 0.3 is 0 Å². The predicted octanol–water partition coefficient (Wildman–Crippen LogP) is 2.77. The molecule has 0 amide bonds. The van der Waals surface area contributed by atoms with E-state index in [9.17, 15) is 4.39 Å². The van der Waals surface area contributed by atoms with Crippen LogP contribution in [-0.2, 0) is 4.74 Å². The first kappa shape index (κ1) is 12.3. The summed E-state index contributed by atoms with van der Waals surface area (Å²) < 4.78 is 18.9. The molecule has 2 saturated heterocycles. The third-order valence-corrected chi connectivity index (χ3v) is 3.84. The van der Waals surface area contributed by atoms with Crippen molar-refractivity contribution in [1.29, 1.82) is 0 Å². The highest BCUT2D eigenvalue weighted by atomic mass is 19.1. The Morgan fingerprint density at radius 2 is 1.88 bits per heavy atom. The van der Waals surface area contributed by atoms with Crippen molar-refractivity contribution in [2.24, 2.45) is 0 Å². The number of halogens is 1. The van der Waals surface area contributed by atoms with Crippen molar-refractivity contribution >= 4 is 0 Å². The SMILES string of the molecule is CC(C)OCCCN1[C@@H]2CC[C@H]1C[C@@H](F)C2. The number of ether oxygens (including phenoxy) is 1. The molecule has 94 valence electrons. The zero-order valence-corrected chi connectivity index (χ0v) is 10.5. The third-order valence-electron chi connectivity index (χ3n) is 3.84. The number of nitrogens with zero attached hydrogens (tertiary/aromatic N) is 1. The third kappa shape index (κ3) is 2.95. The summed E-state index contributed by atoms with van der Waals surface area (Å²) in [5.74, 6) is 0. The first-order chi connectivity index (χ1) is 7.66. The van der Waals surface area contributed by atoms with E-state index in [-0.39, 0.29) is 0 Å². The predicted molar refractivity (Wildman–Crippen MR) is 63.4 cm³/mol. The fraction of sp³-hybridized carbons (Fsp3) is 1.00. The highest BCUT2D eigenvalue weighted by Crippen LogP contribution is 2.36. The number of hydrogen-bond acceptors (Lipinski definition) is 2. The van der Waals surface area contributed by atoms with Gasteiger partial charge in [-0.25, -0.2) is 4.39 Å². The van der Waals surface area contributed by atoms with Gasteiger partial charge in [0.1, 0.15) is 6.17 Å². The van der Waals surface area contributed by atoms with Gasteiger partial charge in [-0.15, -0.1) is 0 Å². The van der Waals surface area contributed by atoms with Crippen molar-refractivity contribution in [2.45, 2.75) is 70.3 Å². The molecule has 16 heavy (non-hydrogen) atoms. The second kappa shape index (κ2) is 5.46. The molecule has 2 rings (SSSR count). The molecular weight excluding hydrogens is 205 g/mol. The van der Waals surface area contributed by atoms with Gasteiger partial charge in [0.15, 0.2) is 0 Å². The Labute approximate surface area is 98.1 Å². The van der Waals surface area contributed by atoms with Crippen LogP contribution in [0.25, 0.3) is 0 Å². The van der Waals surface area contributed by atoms with Crippen LogP contribution in [0.4, 0.5) is 4.39 Å². The van der Waals surface area contributed by atoms with E-state index < -0.39 is 6.17 Å². The minimum absolute atomic E-state index is 0.327. The van der Waals surface area contributed by atoms with Crippen LogP contribution in [0.15, 0.2) is 0 Å². The van der Waals surface area contributed by atoms with E-state index >= 15 is 0 Å². The normalized spacial score (nSPS) is 34.9. The van der Waals surface area contributed by atoms with E-state index in [0.29, 0.717) is 18.2 Å². The average molecular weight is 229 g/mol. The Morgan fingerprint density at radius 1 is 1.25 bits per heavy atom. The summed E-state index contributed by atoms with van der Waals surface area (Å²) in [7, 11) is 0. The first-order valence-electron chi connectivity index (χ1n) is 6.68. The van der Waals surface area contributed by atoms with Crippen LogP contribution < -0.4 is 0 Å². The van der Waals surface area contributed by atoms with E-state index in [4.69, 9.17) is 4.74 Å². The first-order valence-corrected chi connectivity index (χ1v) is 6.68. The molecule has 0 radical (unpaired) electrons. The summed E-state index contributed by atoms with van der Waals surface area (Å²) in [6.07, 6.45) is 4.81. The molecule has 0 aromatic heterocycles. The molecule has 0 spiro atoms. The monoisotopic (exact) mass is 229 g/mol. The number of alkyl halides is 1. The van der Waals surface area contributed by atoms with Crippen LogP contribution >= 0.6 is 0 Å². The molecule has 3 heteroatoms. The summed E-state index contributed by atoms with van der Waals surface area (Å²) in [5, 5.41) is 0. The van der Waals surface area contributed by atoms with Crippen LogP contribution in [0.3, 0.4) is 0 Å². The molecule has 2 heterocycles. The fourth-order valence-corrected chi connectivity index (χ4v) is 3.14. The van der Waals surface area contributed by atoms with Gasteiger partial charge in [0.25, 0.3) is 0 Å². The zero-order chi connectivity index (χ0) is 11.5. The molecule has 2 aliphatic heterocycles. The van der Waals surface area contributed by atoms with E-state index in [0.717, 1.165) is 32.4 Å². The molecule has 3 atom stereocenters. The Balaban J connectivity index is 1.70. The summed E-state index contributed by atoms with van der Waals surface area (Å²) in [4.78, 5) is 2.53. The standard InChI is InChI=1S/C13H24FNO/c1-10(2)16-7-3-6-15-12-4-5-13(15)9-11(14)8-12/h10-13H,3-9H2,1-2H3/t11-,12+,13-. The fourth-order valence-electron chi connectivity index (χ4n) is 3.14. The summed E-state index contributed by atoms with van der Waals surface area (Å²) in [5.41, 5.74) is 0. The van der Waals surface area contributed by atoms with Crippen LogP contribution in [0, 0.1) is 0 Å². The minimum atomic E-state index is -0.541. The lowest BCUT2D eigenvalue weighted by Gasteiger charge is -2.36. The number of piperidine rings is 1. The summed E-state index contributed by atoms with van der Waals surface area (Å²) >= 11 is 0. The Bertz CT molecular complexity index is 208. The van der Waals surface area contributed by atoms with Crippen molar-refractivity contribution in [2.75, 3.05) is 13.2 Å². The van der Waals surface area contributed by atoms with Gasteiger partial charge in [0.2, 0.25) is 0 Å². The van der Waals surface area contributed by atoms with Crippen LogP contribution in [-0.4, -0.2) is 42.4 Å². The van der Waals surface area contributed by atoms with Gasteiger partial charge in [-0.05, 0) is 46.0 Å². The maximum absolute atomic E-state index is 13.3. The highest BCUT2D eigenvalue weighted by Gasteiger charge is 2.40. The molecule has 0 aromatic carbocycles. The van der Waals surface area contributed by atoms with Gasteiger partial charge in [0.05, 0.1) is 6.10 Å². The lowest BCUT2D eigenvalue weighted by atomic mass is 10.0. The van der Waals surface area contributed by atoms with Gasteiger partial charge < -0.3 is 4.74 Å². The average Bonchev–Trinajstić information content (AvgIpc) is 2.45. The lowest BCUT2D eigenvalue weighted by molar-refractivity contribution is 0.0481. The van der Waals surface area contributed by atoms with Crippen molar-refractivity contribution in [3.05, 3.63) is 0 Å². The highest BCUT2D eigenvalue weighted by molar-refractivity contribution is 4.95. The van der Waals surface area contributed by atoms with E-state index in [1.54, 1.807) is 0 Å². The molecular formula is C13H24FNO. The minimum Gasteiger partial charge on any atom is -0.379 e. The number of hydrogen-bond donors (Lipinski definition) is 0. The molecule has 0 aliphatic carbocycles. The number of fused-ring (bicyclic) bond motifs is 2. The van der Waals surface area contributed by atoms with Crippen LogP contribution in [0.2, 0.25) is 0 Å². The smallest absolute Gasteiger partial charge is 0.103 e. The van der Waals surface area contributed by atoms with Crippen LogP contribution in [0.1, 0.15) is 46.0 Å². The molecule has 0 aromatic rings.